The van der Waals surface area contributed by atoms with Crippen molar-refractivity contribution < 1.29 is 18.0 Å². The van der Waals surface area contributed by atoms with Gasteiger partial charge in [-0.25, -0.2) is 0 Å². The zero-order valence-electron chi connectivity index (χ0n) is 12.7. The van der Waals surface area contributed by atoms with Gasteiger partial charge < -0.3 is 11.1 Å². The Labute approximate surface area is 147 Å². The predicted octanol–water partition coefficient (Wildman–Crippen LogP) is 1.51. The molecule has 0 radical (unpaired) electrons. The van der Waals surface area contributed by atoms with Gasteiger partial charge >= 0.3 is 6.18 Å². The van der Waals surface area contributed by atoms with Crippen LogP contribution in [0.15, 0.2) is 34.5 Å². The predicted molar refractivity (Wildman–Crippen MR) is 83.8 cm³/mol. The number of hydrogen-bond acceptors (Lipinski definition) is 7. The third kappa shape index (κ3) is 2.03. The van der Waals surface area contributed by atoms with Crippen molar-refractivity contribution in [2.75, 3.05) is 5.32 Å². The van der Waals surface area contributed by atoms with Gasteiger partial charge in [0.2, 0.25) is 11.1 Å². The van der Waals surface area contributed by atoms with Crippen LogP contribution in [0.4, 0.5) is 18.9 Å². The van der Waals surface area contributed by atoms with E-state index in [1.807, 2.05) is 6.07 Å². The number of benzene rings is 1. The molecular weight excluding hydrogens is 371 g/mol. The van der Waals surface area contributed by atoms with Gasteiger partial charge in [0.15, 0.2) is 4.75 Å². The number of para-hydroxylation sites is 1. The molecule has 0 saturated carbocycles. The highest BCUT2D eigenvalue weighted by atomic mass is 32.2. The first-order chi connectivity index (χ1) is 12.3. The van der Waals surface area contributed by atoms with Crippen LogP contribution in [-0.4, -0.2) is 26.6 Å². The van der Waals surface area contributed by atoms with E-state index < -0.39 is 34.4 Å². The molecule has 3 N–H and O–H groups in total. The average Bonchev–Trinajstić information content (AvgIpc) is 3.05. The number of thioether (sulfide) groups is 1. The smallest absolute Gasteiger partial charge is 0.385 e. The van der Waals surface area contributed by atoms with Gasteiger partial charge in [0.1, 0.15) is 11.8 Å². The quantitative estimate of drug-likeness (QED) is 0.715. The molecule has 2 aromatic rings. The van der Waals surface area contributed by atoms with E-state index in [0.717, 1.165) is 0 Å². The van der Waals surface area contributed by atoms with E-state index in [4.69, 9.17) is 5.73 Å². The molecule has 1 amide bonds. The molecule has 26 heavy (non-hydrogen) atoms. The lowest BCUT2D eigenvalue weighted by Gasteiger charge is -2.28. The van der Waals surface area contributed by atoms with E-state index >= 15 is 0 Å². The van der Waals surface area contributed by atoms with Crippen molar-refractivity contribution in [2.45, 2.75) is 16.1 Å². The number of alkyl halides is 3. The maximum Gasteiger partial charge on any atom is 0.453 e. The topological polar surface area (TPSA) is 122 Å². The number of fused-ring (bicyclic) bond motifs is 3. The maximum absolute atomic E-state index is 13.1. The molecule has 1 aromatic carbocycles. The van der Waals surface area contributed by atoms with Crippen LogP contribution in [0.1, 0.15) is 11.4 Å². The Bertz CT molecular complexity index is 1010. The summed E-state index contributed by atoms with van der Waals surface area (Å²) in [6.07, 6.45) is -4.83. The summed E-state index contributed by atoms with van der Waals surface area (Å²) >= 11 is 0.672. The molecule has 12 heteroatoms. The summed E-state index contributed by atoms with van der Waals surface area (Å²) in [6.45, 7) is 0. The number of carbonyl (C=O) groups excluding carboxylic acids is 1. The van der Waals surface area contributed by atoms with Gasteiger partial charge in [-0.2, -0.15) is 23.1 Å². The van der Waals surface area contributed by atoms with Crippen molar-refractivity contribution in [1.82, 2.24) is 14.9 Å². The standard InChI is InChI=1S/C14H8F3N7OS/c15-14(16,17)10-21-22-12-24(10)23-9(19)7(5-18)13(26-12)6-3-1-2-4-8(6)20-11(13)25/h1-4,7H,(H2,19,23)(H,20,25). The zero-order chi connectivity index (χ0) is 18.7. The summed E-state index contributed by atoms with van der Waals surface area (Å²) in [6, 6.07) is 8.47. The fraction of sp³-hybridized carbons (Fsp3) is 0.214. The van der Waals surface area contributed by atoms with E-state index in [9.17, 15) is 23.2 Å². The summed E-state index contributed by atoms with van der Waals surface area (Å²) in [5.74, 6) is -3.71. The largest absolute Gasteiger partial charge is 0.453 e. The summed E-state index contributed by atoms with van der Waals surface area (Å²) in [5, 5.41) is 22.3. The third-order valence-electron chi connectivity index (χ3n) is 4.08. The highest BCUT2D eigenvalue weighted by Crippen LogP contribution is 2.54. The second-order valence-corrected chi connectivity index (χ2v) is 6.75. The molecule has 0 aliphatic carbocycles. The minimum Gasteiger partial charge on any atom is -0.385 e. The molecule has 2 aliphatic heterocycles. The molecule has 0 saturated heterocycles. The first kappa shape index (κ1) is 16.4. The van der Waals surface area contributed by atoms with Crippen molar-refractivity contribution in [1.29, 1.82) is 5.26 Å². The number of amides is 1. The molecule has 2 unspecified atom stereocenters. The van der Waals surface area contributed by atoms with Gasteiger partial charge in [-0.1, -0.05) is 30.0 Å². The fourth-order valence-corrected chi connectivity index (χ4v) is 4.29. The molecule has 2 atom stereocenters. The van der Waals surface area contributed by atoms with Crippen molar-refractivity contribution in [3.63, 3.8) is 0 Å². The lowest BCUT2D eigenvalue weighted by Crippen LogP contribution is -2.44. The molecule has 132 valence electrons. The number of rotatable bonds is 0. The summed E-state index contributed by atoms with van der Waals surface area (Å²) < 4.78 is 38.2. The van der Waals surface area contributed by atoms with Crippen LogP contribution < -0.4 is 11.1 Å². The van der Waals surface area contributed by atoms with Gasteiger partial charge in [-0.3, -0.25) is 4.79 Å². The minimum absolute atomic E-state index is 0.287. The number of nitrogens with two attached hydrogens (primary N) is 1. The van der Waals surface area contributed by atoms with Crippen LogP contribution in [-0.2, 0) is 15.7 Å². The monoisotopic (exact) mass is 379 g/mol. The number of amidine groups is 1. The number of anilines is 1. The van der Waals surface area contributed by atoms with Crippen LogP contribution in [0.2, 0.25) is 0 Å². The second-order valence-electron chi connectivity index (χ2n) is 5.54. The number of halogens is 3. The Morgan fingerprint density at radius 3 is 2.77 bits per heavy atom. The second kappa shape index (κ2) is 5.21. The van der Waals surface area contributed by atoms with E-state index in [0.29, 0.717) is 27.7 Å². The highest BCUT2D eigenvalue weighted by Gasteiger charge is 2.58. The molecule has 8 nitrogen and oxygen atoms in total. The van der Waals surface area contributed by atoms with Crippen LogP contribution in [0.3, 0.4) is 0 Å². The Balaban J connectivity index is 2.00. The highest BCUT2D eigenvalue weighted by molar-refractivity contribution is 8.01. The SMILES string of the molecule is N#CC1C(N)=Nn2c(nnc2C(F)(F)F)SC12C(=O)Nc1ccccc12. The maximum atomic E-state index is 13.1. The normalized spacial score (nSPS) is 24.3. The van der Waals surface area contributed by atoms with Crippen LogP contribution in [0.5, 0.6) is 0 Å². The lowest BCUT2D eigenvalue weighted by molar-refractivity contribution is -0.147. The molecule has 3 heterocycles. The summed E-state index contributed by atoms with van der Waals surface area (Å²) in [4.78, 5) is 12.8. The van der Waals surface area contributed by atoms with Gasteiger partial charge in [-0.15, -0.1) is 15.3 Å². The number of nitriles is 1. The van der Waals surface area contributed by atoms with Gasteiger partial charge in [0.05, 0.1) is 6.07 Å². The third-order valence-corrected chi connectivity index (χ3v) is 5.48. The number of nitrogens with one attached hydrogen (secondary N) is 1. The number of aromatic nitrogens is 3. The zero-order valence-corrected chi connectivity index (χ0v) is 13.5. The van der Waals surface area contributed by atoms with Crippen molar-refractivity contribution in [2.24, 2.45) is 16.8 Å². The Morgan fingerprint density at radius 2 is 2.08 bits per heavy atom. The molecular formula is C14H8F3N7OS. The lowest BCUT2D eigenvalue weighted by atomic mass is 9.86. The van der Waals surface area contributed by atoms with Crippen molar-refractivity contribution >= 4 is 29.2 Å². The van der Waals surface area contributed by atoms with E-state index in [2.05, 4.69) is 20.6 Å². The van der Waals surface area contributed by atoms with E-state index in [1.165, 1.54) is 0 Å². The molecule has 1 spiro atoms. The van der Waals surface area contributed by atoms with Crippen LogP contribution in [0, 0.1) is 17.2 Å². The van der Waals surface area contributed by atoms with Gasteiger partial charge in [0.25, 0.3) is 5.82 Å². The first-order valence-corrected chi connectivity index (χ1v) is 7.97. The minimum atomic E-state index is -4.83. The number of nitrogens with zero attached hydrogens (tertiary/aromatic N) is 5. The van der Waals surface area contributed by atoms with E-state index in [-0.39, 0.29) is 5.16 Å². The molecule has 0 bridgehead atoms. The molecule has 0 fully saturated rings. The number of carbonyl (C=O) groups is 1. The van der Waals surface area contributed by atoms with E-state index in [1.54, 1.807) is 24.3 Å². The summed E-state index contributed by atoms with van der Waals surface area (Å²) in [5.41, 5.74) is 6.71. The van der Waals surface area contributed by atoms with Crippen LogP contribution >= 0.6 is 11.8 Å². The van der Waals surface area contributed by atoms with Gasteiger partial charge in [0, 0.05) is 11.3 Å². The molecule has 2 aliphatic rings. The average molecular weight is 379 g/mol. The van der Waals surface area contributed by atoms with Crippen LogP contribution in [0.25, 0.3) is 0 Å². The number of hydrogen-bond donors (Lipinski definition) is 2. The van der Waals surface area contributed by atoms with Crippen molar-refractivity contribution in [3.8, 4) is 6.07 Å². The van der Waals surface area contributed by atoms with Crippen molar-refractivity contribution in [3.05, 3.63) is 35.7 Å². The Morgan fingerprint density at radius 1 is 1.35 bits per heavy atom. The van der Waals surface area contributed by atoms with Gasteiger partial charge in [-0.05, 0) is 6.07 Å². The Kier molecular flexibility index (Phi) is 3.29. The Hall–Kier alpha value is -3.07. The first-order valence-electron chi connectivity index (χ1n) is 7.15. The molecule has 1 aromatic heterocycles. The fourth-order valence-electron chi connectivity index (χ4n) is 2.98. The summed E-state index contributed by atoms with van der Waals surface area (Å²) in [7, 11) is 0. The molecule has 4 rings (SSSR count).